The van der Waals surface area contributed by atoms with Crippen LogP contribution in [0.5, 0.6) is 0 Å². The highest BCUT2D eigenvalue weighted by atomic mass is 35.5. The molecule has 0 unspecified atom stereocenters. The molecule has 0 aliphatic carbocycles. The van der Waals surface area contributed by atoms with Crippen LogP contribution in [0.3, 0.4) is 0 Å². The van der Waals surface area contributed by atoms with E-state index in [1.165, 1.54) is 0 Å². The van der Waals surface area contributed by atoms with Crippen molar-refractivity contribution < 1.29 is 4.74 Å². The smallest absolute Gasteiger partial charge is 0.158 e. The lowest BCUT2D eigenvalue weighted by molar-refractivity contribution is 0.128. The summed E-state index contributed by atoms with van der Waals surface area (Å²) in [5.74, 6) is 1.28. The number of anilines is 1. The van der Waals surface area contributed by atoms with Gasteiger partial charge in [0.05, 0.1) is 6.33 Å². The Morgan fingerprint density at radius 2 is 2.32 bits per heavy atom. The fraction of sp³-hybridized carbons (Fsp3) is 0.417. The Morgan fingerprint density at radius 1 is 1.42 bits per heavy atom. The third-order valence-corrected chi connectivity index (χ3v) is 2.63. The van der Waals surface area contributed by atoms with Gasteiger partial charge in [-0.15, -0.1) is 0 Å². The second kappa shape index (κ2) is 7.06. The van der Waals surface area contributed by atoms with Crippen molar-refractivity contribution in [1.82, 2.24) is 19.9 Å². The molecule has 0 saturated heterocycles. The highest BCUT2D eigenvalue weighted by Crippen LogP contribution is 2.12. The molecule has 2 aromatic rings. The first kappa shape index (κ1) is 13.8. The first-order valence-electron chi connectivity index (χ1n) is 6.10. The van der Waals surface area contributed by atoms with Gasteiger partial charge in [0.15, 0.2) is 5.82 Å². The molecule has 7 heteroatoms. The Balaban J connectivity index is 1.90. The van der Waals surface area contributed by atoms with Gasteiger partial charge in [-0.05, 0) is 6.92 Å². The third-order valence-electron chi connectivity index (χ3n) is 2.43. The van der Waals surface area contributed by atoms with Gasteiger partial charge >= 0.3 is 0 Å². The molecule has 0 radical (unpaired) electrons. The molecule has 0 amide bonds. The first-order valence-corrected chi connectivity index (χ1v) is 6.48. The second-order valence-electron chi connectivity index (χ2n) is 3.88. The molecule has 0 fully saturated rings. The number of aromatic amines is 1. The van der Waals surface area contributed by atoms with Crippen LogP contribution in [-0.2, 0) is 17.8 Å². The van der Waals surface area contributed by atoms with Gasteiger partial charge in [-0.25, -0.2) is 15.0 Å². The van der Waals surface area contributed by atoms with Crippen molar-refractivity contribution in [3.63, 3.8) is 0 Å². The summed E-state index contributed by atoms with van der Waals surface area (Å²) >= 11 is 5.94. The zero-order chi connectivity index (χ0) is 13.5. The Kier molecular flexibility index (Phi) is 5.11. The van der Waals surface area contributed by atoms with Crippen molar-refractivity contribution in [1.29, 1.82) is 0 Å². The zero-order valence-electron chi connectivity index (χ0n) is 10.7. The maximum Gasteiger partial charge on any atom is 0.158 e. The van der Waals surface area contributed by atoms with Gasteiger partial charge in [0.1, 0.15) is 17.6 Å². The molecular formula is C12H16ClN5O. The van der Waals surface area contributed by atoms with Crippen molar-refractivity contribution in [2.24, 2.45) is 0 Å². The monoisotopic (exact) mass is 281 g/mol. The van der Waals surface area contributed by atoms with E-state index in [-0.39, 0.29) is 0 Å². The molecule has 2 rings (SSSR count). The van der Waals surface area contributed by atoms with Gasteiger partial charge < -0.3 is 15.0 Å². The highest BCUT2D eigenvalue weighted by molar-refractivity contribution is 6.29. The lowest BCUT2D eigenvalue weighted by Crippen LogP contribution is -2.09. The third kappa shape index (κ3) is 4.50. The molecular weight excluding hydrogens is 266 g/mol. The van der Waals surface area contributed by atoms with Gasteiger partial charge in [-0.2, -0.15) is 0 Å². The Labute approximate surface area is 116 Å². The fourth-order valence-corrected chi connectivity index (χ4v) is 1.76. The van der Waals surface area contributed by atoms with E-state index in [2.05, 4.69) is 25.3 Å². The molecule has 2 heterocycles. The van der Waals surface area contributed by atoms with Crippen LogP contribution < -0.4 is 5.32 Å². The van der Waals surface area contributed by atoms with Crippen molar-refractivity contribution in [3.05, 3.63) is 35.3 Å². The number of rotatable bonds is 7. The topological polar surface area (TPSA) is 75.7 Å². The second-order valence-corrected chi connectivity index (χ2v) is 4.27. The van der Waals surface area contributed by atoms with Crippen LogP contribution in [-0.4, -0.2) is 33.1 Å². The summed E-state index contributed by atoms with van der Waals surface area (Å²) in [5.41, 5.74) is 1.07. The molecule has 0 saturated carbocycles. The van der Waals surface area contributed by atoms with E-state index in [1.54, 1.807) is 18.6 Å². The van der Waals surface area contributed by atoms with Crippen molar-refractivity contribution in [2.45, 2.75) is 20.0 Å². The standard InChI is InChI=1S/C12H16ClN5O/c1-2-19-7-12-17-10(13)5-11(18-12)15-4-3-9-6-14-8-16-9/h5-6,8H,2-4,7H2,1H3,(H,14,16)(H,15,17,18). The summed E-state index contributed by atoms with van der Waals surface area (Å²) in [6.45, 7) is 3.66. The van der Waals surface area contributed by atoms with Crippen LogP contribution >= 0.6 is 11.6 Å². The quantitative estimate of drug-likeness (QED) is 0.760. The van der Waals surface area contributed by atoms with Crippen LogP contribution in [0.4, 0.5) is 5.82 Å². The maximum absolute atomic E-state index is 5.94. The summed E-state index contributed by atoms with van der Waals surface area (Å²) in [4.78, 5) is 15.4. The van der Waals surface area contributed by atoms with Gasteiger partial charge in [0.25, 0.3) is 0 Å². The van der Waals surface area contributed by atoms with E-state index in [4.69, 9.17) is 16.3 Å². The molecule has 0 aromatic carbocycles. The molecule has 102 valence electrons. The van der Waals surface area contributed by atoms with Crippen LogP contribution in [0.25, 0.3) is 0 Å². The van der Waals surface area contributed by atoms with Gasteiger partial charge in [0, 0.05) is 37.5 Å². The van der Waals surface area contributed by atoms with E-state index in [0.717, 1.165) is 18.7 Å². The molecule has 6 nitrogen and oxygen atoms in total. The van der Waals surface area contributed by atoms with E-state index in [9.17, 15) is 0 Å². The number of ether oxygens (including phenoxy) is 1. The predicted molar refractivity (Wildman–Crippen MR) is 73.2 cm³/mol. The number of nitrogens with zero attached hydrogens (tertiary/aromatic N) is 3. The number of nitrogens with one attached hydrogen (secondary N) is 2. The SMILES string of the molecule is CCOCc1nc(Cl)cc(NCCc2cnc[nH]2)n1. The maximum atomic E-state index is 5.94. The average Bonchev–Trinajstić information content (AvgIpc) is 2.89. The van der Waals surface area contributed by atoms with Crippen molar-refractivity contribution in [3.8, 4) is 0 Å². The minimum atomic E-state index is 0.367. The molecule has 19 heavy (non-hydrogen) atoms. The molecule has 0 atom stereocenters. The molecule has 2 aromatic heterocycles. The van der Waals surface area contributed by atoms with Crippen molar-refractivity contribution in [2.75, 3.05) is 18.5 Å². The number of halogens is 1. The molecule has 0 spiro atoms. The Morgan fingerprint density at radius 3 is 3.05 bits per heavy atom. The van der Waals surface area contributed by atoms with E-state index >= 15 is 0 Å². The highest BCUT2D eigenvalue weighted by Gasteiger charge is 2.03. The summed E-state index contributed by atoms with van der Waals surface area (Å²) in [6.07, 6.45) is 4.30. The summed E-state index contributed by atoms with van der Waals surface area (Å²) in [6, 6.07) is 1.70. The number of H-pyrrole nitrogens is 1. The van der Waals surface area contributed by atoms with Crippen LogP contribution in [0.2, 0.25) is 5.15 Å². The largest absolute Gasteiger partial charge is 0.374 e. The van der Waals surface area contributed by atoms with Crippen molar-refractivity contribution >= 4 is 17.4 Å². The number of aromatic nitrogens is 4. The lowest BCUT2D eigenvalue weighted by Gasteiger charge is -2.07. The summed E-state index contributed by atoms with van der Waals surface area (Å²) < 4.78 is 5.27. The molecule has 0 bridgehead atoms. The molecule has 2 N–H and O–H groups in total. The zero-order valence-corrected chi connectivity index (χ0v) is 11.4. The Hall–Kier alpha value is -1.66. The number of hydrogen-bond donors (Lipinski definition) is 2. The fourth-order valence-electron chi connectivity index (χ4n) is 1.56. The number of imidazole rings is 1. The van der Waals surface area contributed by atoms with Crippen LogP contribution in [0, 0.1) is 0 Å². The van der Waals surface area contributed by atoms with Gasteiger partial charge in [-0.3, -0.25) is 0 Å². The average molecular weight is 282 g/mol. The van der Waals surface area contributed by atoms with E-state index in [1.807, 2.05) is 6.92 Å². The summed E-state index contributed by atoms with van der Waals surface area (Å²) in [7, 11) is 0. The minimum absolute atomic E-state index is 0.367. The number of hydrogen-bond acceptors (Lipinski definition) is 5. The lowest BCUT2D eigenvalue weighted by atomic mass is 10.3. The normalized spacial score (nSPS) is 10.6. The van der Waals surface area contributed by atoms with Crippen LogP contribution in [0.15, 0.2) is 18.6 Å². The van der Waals surface area contributed by atoms with Crippen LogP contribution in [0.1, 0.15) is 18.4 Å². The molecule has 0 aliphatic heterocycles. The van der Waals surface area contributed by atoms with Gasteiger partial charge in [0.2, 0.25) is 0 Å². The summed E-state index contributed by atoms with van der Waals surface area (Å²) in [5, 5.41) is 3.61. The van der Waals surface area contributed by atoms with Gasteiger partial charge in [-0.1, -0.05) is 11.6 Å². The molecule has 0 aliphatic rings. The van der Waals surface area contributed by atoms with E-state index < -0.39 is 0 Å². The van der Waals surface area contributed by atoms with E-state index in [0.29, 0.717) is 30.0 Å². The predicted octanol–water partition coefficient (Wildman–Crippen LogP) is 2.04. The first-order chi connectivity index (χ1) is 9.28. The Bertz CT molecular complexity index is 503. The minimum Gasteiger partial charge on any atom is -0.374 e.